The van der Waals surface area contributed by atoms with E-state index in [1.807, 2.05) is 11.0 Å². The van der Waals surface area contributed by atoms with Crippen LogP contribution >= 0.6 is 0 Å². The minimum atomic E-state index is 0.0595. The van der Waals surface area contributed by atoms with Crippen LogP contribution < -0.4 is 10.2 Å². The molecule has 0 saturated carbocycles. The Morgan fingerprint density at radius 2 is 1.91 bits per heavy atom. The van der Waals surface area contributed by atoms with E-state index in [1.165, 1.54) is 22.4 Å². The number of carbonyl (C=O) groups is 2. The van der Waals surface area contributed by atoms with Crippen LogP contribution in [-0.4, -0.2) is 49.4 Å². The second kappa shape index (κ2) is 6.48. The molecule has 5 heteroatoms. The zero-order valence-electron chi connectivity index (χ0n) is 13.2. The van der Waals surface area contributed by atoms with E-state index in [-0.39, 0.29) is 11.8 Å². The lowest BCUT2D eigenvalue weighted by Crippen LogP contribution is -3.15. The second-order valence-electron chi connectivity index (χ2n) is 6.32. The fourth-order valence-corrected chi connectivity index (χ4v) is 3.40. The average molecular weight is 302 g/mol. The Morgan fingerprint density at radius 3 is 2.64 bits per heavy atom. The van der Waals surface area contributed by atoms with Crippen molar-refractivity contribution < 1.29 is 14.5 Å². The molecule has 2 amide bonds. The number of piperazine rings is 1. The van der Waals surface area contributed by atoms with Gasteiger partial charge in [-0.25, -0.2) is 0 Å². The van der Waals surface area contributed by atoms with Crippen LogP contribution in [0.15, 0.2) is 18.2 Å². The molecule has 118 valence electrons. The van der Waals surface area contributed by atoms with Gasteiger partial charge in [-0.1, -0.05) is 6.07 Å². The fourth-order valence-electron chi connectivity index (χ4n) is 3.40. The lowest BCUT2D eigenvalue weighted by Gasteiger charge is -2.31. The molecule has 22 heavy (non-hydrogen) atoms. The molecule has 0 spiro atoms. The number of quaternary nitrogens is 1. The Bertz CT molecular complexity index is 577. The molecule has 0 aromatic heterocycles. The highest BCUT2D eigenvalue weighted by molar-refractivity contribution is 5.91. The van der Waals surface area contributed by atoms with Gasteiger partial charge in [0.25, 0.3) is 5.91 Å². The summed E-state index contributed by atoms with van der Waals surface area (Å²) in [7, 11) is 0. The van der Waals surface area contributed by atoms with E-state index < -0.39 is 0 Å². The lowest BCUT2D eigenvalue weighted by molar-refractivity contribution is -0.895. The molecule has 0 bridgehead atoms. The largest absolute Gasteiger partial charge is 0.332 e. The first-order valence-corrected chi connectivity index (χ1v) is 8.12. The molecule has 1 heterocycles. The topological polar surface area (TPSA) is 53.9 Å². The van der Waals surface area contributed by atoms with E-state index in [9.17, 15) is 9.59 Å². The van der Waals surface area contributed by atoms with Gasteiger partial charge in [0.15, 0.2) is 6.54 Å². The van der Waals surface area contributed by atoms with Crippen molar-refractivity contribution in [3.8, 4) is 0 Å². The first-order chi connectivity index (χ1) is 10.6. The predicted molar refractivity (Wildman–Crippen MR) is 84.9 cm³/mol. The van der Waals surface area contributed by atoms with Crippen LogP contribution in [0.5, 0.6) is 0 Å². The number of hydrogen-bond acceptors (Lipinski definition) is 2. The van der Waals surface area contributed by atoms with Crippen molar-refractivity contribution in [2.24, 2.45) is 0 Å². The van der Waals surface area contributed by atoms with Gasteiger partial charge in [-0.3, -0.25) is 9.59 Å². The third-order valence-electron chi connectivity index (χ3n) is 4.71. The van der Waals surface area contributed by atoms with E-state index in [0.29, 0.717) is 6.54 Å². The first-order valence-electron chi connectivity index (χ1n) is 8.12. The Labute approximate surface area is 131 Å². The fraction of sp³-hybridized carbons (Fsp3) is 0.529. The summed E-state index contributed by atoms with van der Waals surface area (Å²) in [6, 6.07) is 6.25. The van der Waals surface area contributed by atoms with Crippen LogP contribution in [0, 0.1) is 0 Å². The molecule has 5 nitrogen and oxygen atoms in total. The molecule has 1 aromatic rings. The maximum atomic E-state index is 12.2. The van der Waals surface area contributed by atoms with Crippen molar-refractivity contribution in [1.82, 2.24) is 4.90 Å². The molecule has 1 saturated heterocycles. The first kappa shape index (κ1) is 15.0. The maximum absolute atomic E-state index is 12.2. The zero-order valence-corrected chi connectivity index (χ0v) is 13.2. The number of carbonyl (C=O) groups excluding carboxylic acids is 2. The standard InChI is InChI=1S/C17H23N3O2/c1-13(21)20-9-7-19(8-10-20)12-17(22)18-16-6-5-14-3-2-4-15(14)11-16/h5-6,11H,2-4,7-10,12H2,1H3,(H,18,22)/p+1. The molecule has 2 N–H and O–H groups in total. The number of fused-ring (bicyclic) bond motifs is 1. The lowest BCUT2D eigenvalue weighted by atomic mass is 10.1. The normalized spacial score (nSPS) is 18.1. The monoisotopic (exact) mass is 302 g/mol. The molecule has 0 unspecified atom stereocenters. The van der Waals surface area contributed by atoms with E-state index in [1.54, 1.807) is 6.92 Å². The summed E-state index contributed by atoms with van der Waals surface area (Å²) in [6.45, 7) is 5.26. The van der Waals surface area contributed by atoms with Gasteiger partial charge in [-0.15, -0.1) is 0 Å². The summed E-state index contributed by atoms with van der Waals surface area (Å²) < 4.78 is 0. The summed E-state index contributed by atoms with van der Waals surface area (Å²) in [5, 5.41) is 3.01. The number of benzene rings is 1. The number of nitrogens with zero attached hydrogens (tertiary/aromatic N) is 1. The van der Waals surface area contributed by atoms with Crippen LogP contribution in [-0.2, 0) is 22.4 Å². The van der Waals surface area contributed by atoms with Crippen LogP contribution in [0.3, 0.4) is 0 Å². The maximum Gasteiger partial charge on any atom is 0.279 e. The Hall–Kier alpha value is -1.88. The molecule has 1 fully saturated rings. The number of aryl methyl sites for hydroxylation is 2. The highest BCUT2D eigenvalue weighted by Gasteiger charge is 2.23. The molecule has 0 atom stereocenters. The van der Waals surface area contributed by atoms with E-state index in [4.69, 9.17) is 0 Å². The third kappa shape index (κ3) is 3.47. The van der Waals surface area contributed by atoms with Crippen molar-refractivity contribution in [3.05, 3.63) is 29.3 Å². The average Bonchev–Trinajstić information content (AvgIpc) is 2.95. The summed E-state index contributed by atoms with van der Waals surface area (Å²) in [6.07, 6.45) is 3.50. The Morgan fingerprint density at radius 1 is 1.18 bits per heavy atom. The number of rotatable bonds is 3. The van der Waals surface area contributed by atoms with Crippen molar-refractivity contribution in [2.45, 2.75) is 26.2 Å². The molecule has 1 aromatic carbocycles. The van der Waals surface area contributed by atoms with Crippen molar-refractivity contribution in [3.63, 3.8) is 0 Å². The van der Waals surface area contributed by atoms with Crippen LogP contribution in [0.4, 0.5) is 5.69 Å². The van der Waals surface area contributed by atoms with Gasteiger partial charge in [0.05, 0.1) is 26.2 Å². The van der Waals surface area contributed by atoms with Crippen molar-refractivity contribution in [2.75, 3.05) is 38.0 Å². The number of anilines is 1. The minimum absolute atomic E-state index is 0.0595. The molecule has 1 aliphatic carbocycles. The molecule has 0 radical (unpaired) electrons. The number of amides is 2. The highest BCUT2D eigenvalue weighted by Crippen LogP contribution is 2.24. The summed E-state index contributed by atoms with van der Waals surface area (Å²) in [5.74, 6) is 0.186. The van der Waals surface area contributed by atoms with E-state index >= 15 is 0 Å². The van der Waals surface area contributed by atoms with Crippen molar-refractivity contribution >= 4 is 17.5 Å². The smallest absolute Gasteiger partial charge is 0.279 e. The van der Waals surface area contributed by atoms with Crippen LogP contribution in [0.25, 0.3) is 0 Å². The highest BCUT2D eigenvalue weighted by atomic mass is 16.2. The predicted octanol–water partition coefficient (Wildman–Crippen LogP) is -0.139. The van der Waals surface area contributed by atoms with Crippen molar-refractivity contribution in [1.29, 1.82) is 0 Å². The van der Waals surface area contributed by atoms with Crippen LogP contribution in [0.2, 0.25) is 0 Å². The van der Waals surface area contributed by atoms with Gasteiger partial charge >= 0.3 is 0 Å². The van der Waals surface area contributed by atoms with Gasteiger partial charge < -0.3 is 15.1 Å². The van der Waals surface area contributed by atoms with Crippen LogP contribution in [0.1, 0.15) is 24.5 Å². The molecule has 1 aliphatic heterocycles. The minimum Gasteiger partial charge on any atom is -0.332 e. The number of hydrogen-bond donors (Lipinski definition) is 2. The van der Waals surface area contributed by atoms with E-state index in [0.717, 1.165) is 44.7 Å². The number of nitrogens with one attached hydrogen (secondary N) is 2. The Balaban J connectivity index is 1.50. The molecule has 3 rings (SSSR count). The molecule has 2 aliphatic rings. The van der Waals surface area contributed by atoms with E-state index in [2.05, 4.69) is 17.4 Å². The van der Waals surface area contributed by atoms with Gasteiger partial charge in [0.2, 0.25) is 5.91 Å². The van der Waals surface area contributed by atoms with Gasteiger partial charge in [-0.2, -0.15) is 0 Å². The third-order valence-corrected chi connectivity index (χ3v) is 4.71. The zero-order chi connectivity index (χ0) is 15.5. The van der Waals surface area contributed by atoms with Gasteiger partial charge in [0, 0.05) is 12.6 Å². The quantitative estimate of drug-likeness (QED) is 0.817. The summed E-state index contributed by atoms with van der Waals surface area (Å²) in [4.78, 5) is 26.6. The van der Waals surface area contributed by atoms with Gasteiger partial charge in [-0.05, 0) is 42.5 Å². The summed E-state index contributed by atoms with van der Waals surface area (Å²) in [5.41, 5.74) is 3.71. The summed E-state index contributed by atoms with van der Waals surface area (Å²) >= 11 is 0. The SMILES string of the molecule is CC(=O)N1CC[NH+](CC(=O)Nc2ccc3c(c2)CCC3)CC1. The Kier molecular flexibility index (Phi) is 4.43. The molecular weight excluding hydrogens is 278 g/mol. The molecular formula is C17H24N3O2+. The second-order valence-corrected chi connectivity index (χ2v) is 6.32. The van der Waals surface area contributed by atoms with Gasteiger partial charge in [0.1, 0.15) is 0 Å².